The van der Waals surface area contributed by atoms with Gasteiger partial charge in [0.1, 0.15) is 0 Å². The maximum absolute atomic E-state index is 3.65. The lowest BCUT2D eigenvalue weighted by Crippen LogP contribution is -2.47. The Bertz CT molecular complexity index is 269. The highest BCUT2D eigenvalue weighted by atomic mass is 32.2. The van der Waals surface area contributed by atoms with Crippen LogP contribution in [0.1, 0.15) is 51.4 Å². The molecular weight excluding hydrogens is 238 g/mol. The third-order valence-corrected chi connectivity index (χ3v) is 7.71. The summed E-state index contributed by atoms with van der Waals surface area (Å²) in [4.78, 5) is 0. The predicted octanol–water partition coefficient (Wildman–Crippen LogP) is 3.69. The molecule has 4 saturated carbocycles. The molecule has 4 bridgehead atoms. The molecule has 5 fully saturated rings. The van der Waals surface area contributed by atoms with Gasteiger partial charge in [0.15, 0.2) is 0 Å². The van der Waals surface area contributed by atoms with Crippen molar-refractivity contribution in [3.8, 4) is 0 Å². The molecule has 0 amide bonds. The van der Waals surface area contributed by atoms with Gasteiger partial charge in [-0.3, -0.25) is 0 Å². The predicted molar refractivity (Wildman–Crippen MR) is 78.9 cm³/mol. The summed E-state index contributed by atoms with van der Waals surface area (Å²) in [6, 6.07) is 0.856. The van der Waals surface area contributed by atoms with Gasteiger partial charge in [-0.05, 0) is 87.3 Å². The number of hydrogen-bond donors (Lipinski definition) is 1. The van der Waals surface area contributed by atoms with Crippen LogP contribution in [-0.2, 0) is 0 Å². The van der Waals surface area contributed by atoms with E-state index in [2.05, 4.69) is 17.1 Å². The molecule has 4 aliphatic carbocycles. The van der Waals surface area contributed by atoms with Gasteiger partial charge in [0.25, 0.3) is 0 Å². The van der Waals surface area contributed by atoms with E-state index < -0.39 is 0 Å². The summed E-state index contributed by atoms with van der Waals surface area (Å²) in [7, 11) is 0. The van der Waals surface area contributed by atoms with Crippen molar-refractivity contribution in [3.05, 3.63) is 0 Å². The largest absolute Gasteiger partial charge is 0.314 e. The number of thioether (sulfide) groups is 1. The summed E-state index contributed by atoms with van der Waals surface area (Å²) < 4.78 is 0. The topological polar surface area (TPSA) is 12.0 Å². The van der Waals surface area contributed by atoms with Crippen molar-refractivity contribution in [1.29, 1.82) is 0 Å². The zero-order valence-corrected chi connectivity index (χ0v) is 12.3. The second kappa shape index (κ2) is 5.01. The van der Waals surface area contributed by atoms with Gasteiger partial charge in [-0.2, -0.15) is 11.8 Å². The minimum absolute atomic E-state index is 0.856. The molecule has 0 radical (unpaired) electrons. The van der Waals surface area contributed by atoms with E-state index in [1.807, 2.05) is 0 Å². The van der Waals surface area contributed by atoms with Crippen LogP contribution in [0, 0.1) is 23.7 Å². The van der Waals surface area contributed by atoms with Crippen LogP contribution in [-0.4, -0.2) is 23.6 Å². The standard InChI is InChI=1S/C16H27NS/c1-2-15(17-4-1)3-5-18-16-13-7-11-6-12(9-13)10-14(16)8-11/h11-17H,1-10H2. The van der Waals surface area contributed by atoms with Gasteiger partial charge in [-0.1, -0.05) is 0 Å². The van der Waals surface area contributed by atoms with Crippen LogP contribution in [0.25, 0.3) is 0 Å². The highest BCUT2D eigenvalue weighted by molar-refractivity contribution is 7.99. The average Bonchev–Trinajstić information content (AvgIpc) is 2.85. The molecule has 1 N–H and O–H groups in total. The van der Waals surface area contributed by atoms with Gasteiger partial charge in [-0.25, -0.2) is 0 Å². The van der Waals surface area contributed by atoms with E-state index in [0.717, 1.165) is 35.0 Å². The molecule has 0 aromatic carbocycles. The molecule has 1 saturated heterocycles. The molecule has 1 heterocycles. The normalized spacial score (nSPS) is 50.0. The third-order valence-electron chi connectivity index (χ3n) is 6.08. The van der Waals surface area contributed by atoms with E-state index in [-0.39, 0.29) is 0 Å². The fraction of sp³-hybridized carbons (Fsp3) is 1.00. The Hall–Kier alpha value is 0.310. The molecule has 1 nitrogen and oxygen atoms in total. The van der Waals surface area contributed by atoms with Crippen molar-refractivity contribution in [2.75, 3.05) is 12.3 Å². The lowest BCUT2D eigenvalue weighted by atomic mass is 9.56. The quantitative estimate of drug-likeness (QED) is 0.832. The first-order valence-corrected chi connectivity index (χ1v) is 9.28. The third kappa shape index (κ3) is 2.24. The van der Waals surface area contributed by atoms with Crippen LogP contribution < -0.4 is 5.32 Å². The Morgan fingerprint density at radius 3 is 2.28 bits per heavy atom. The van der Waals surface area contributed by atoms with Gasteiger partial charge in [0.2, 0.25) is 0 Å². The Balaban J connectivity index is 1.29. The van der Waals surface area contributed by atoms with Crippen molar-refractivity contribution in [2.24, 2.45) is 23.7 Å². The summed E-state index contributed by atoms with van der Waals surface area (Å²) in [6.07, 6.45) is 12.2. The van der Waals surface area contributed by atoms with Crippen molar-refractivity contribution in [1.82, 2.24) is 5.32 Å². The number of rotatable bonds is 4. The molecule has 102 valence electrons. The maximum atomic E-state index is 3.65. The second-order valence-corrected chi connectivity index (χ2v) is 8.63. The molecule has 1 atom stereocenters. The zero-order chi connectivity index (χ0) is 11.9. The van der Waals surface area contributed by atoms with Crippen LogP contribution in [0.4, 0.5) is 0 Å². The SMILES string of the molecule is C1CNC(CCSC2C3CC4CC(C3)CC2C4)C1. The van der Waals surface area contributed by atoms with Gasteiger partial charge in [-0.15, -0.1) is 0 Å². The van der Waals surface area contributed by atoms with E-state index >= 15 is 0 Å². The molecule has 1 aliphatic heterocycles. The first kappa shape index (κ1) is 12.1. The fourth-order valence-corrected chi connectivity index (χ4v) is 7.18. The van der Waals surface area contributed by atoms with E-state index in [0.29, 0.717) is 0 Å². The monoisotopic (exact) mass is 265 g/mol. The molecule has 0 spiro atoms. The second-order valence-electron chi connectivity index (χ2n) is 7.35. The Kier molecular flexibility index (Phi) is 3.36. The van der Waals surface area contributed by atoms with Gasteiger partial charge >= 0.3 is 0 Å². The Morgan fingerprint density at radius 2 is 1.67 bits per heavy atom. The van der Waals surface area contributed by atoms with Crippen molar-refractivity contribution in [2.45, 2.75) is 62.7 Å². The average molecular weight is 265 g/mol. The maximum Gasteiger partial charge on any atom is 0.0104 e. The van der Waals surface area contributed by atoms with E-state index in [4.69, 9.17) is 0 Å². The molecule has 5 rings (SSSR count). The molecule has 5 aliphatic rings. The van der Waals surface area contributed by atoms with Crippen LogP contribution in [0.2, 0.25) is 0 Å². The van der Waals surface area contributed by atoms with E-state index in [1.54, 1.807) is 32.1 Å². The Morgan fingerprint density at radius 1 is 0.944 bits per heavy atom. The summed E-state index contributed by atoms with van der Waals surface area (Å²) >= 11 is 2.36. The van der Waals surface area contributed by atoms with Crippen LogP contribution in [0.5, 0.6) is 0 Å². The first-order chi connectivity index (χ1) is 8.88. The van der Waals surface area contributed by atoms with Gasteiger partial charge < -0.3 is 5.32 Å². The van der Waals surface area contributed by atoms with Crippen LogP contribution in [0.3, 0.4) is 0 Å². The minimum atomic E-state index is 0.856. The summed E-state index contributed by atoms with van der Waals surface area (Å²) in [5.41, 5.74) is 0. The lowest BCUT2D eigenvalue weighted by molar-refractivity contribution is 0.0267. The highest BCUT2D eigenvalue weighted by Crippen LogP contribution is 2.57. The molecule has 2 heteroatoms. The molecule has 1 unspecified atom stereocenters. The van der Waals surface area contributed by atoms with Crippen molar-refractivity contribution >= 4 is 11.8 Å². The van der Waals surface area contributed by atoms with E-state index in [1.165, 1.54) is 31.6 Å². The highest BCUT2D eigenvalue weighted by Gasteiger charge is 2.48. The molecule has 0 aromatic heterocycles. The van der Waals surface area contributed by atoms with Gasteiger partial charge in [0.05, 0.1) is 0 Å². The lowest BCUT2D eigenvalue weighted by Gasteiger charge is -2.54. The van der Waals surface area contributed by atoms with Crippen molar-refractivity contribution < 1.29 is 0 Å². The van der Waals surface area contributed by atoms with Crippen molar-refractivity contribution in [3.63, 3.8) is 0 Å². The molecule has 18 heavy (non-hydrogen) atoms. The molecule has 0 aromatic rings. The van der Waals surface area contributed by atoms with E-state index in [9.17, 15) is 0 Å². The molecular formula is C16H27NS. The Labute approximate surface area is 116 Å². The zero-order valence-electron chi connectivity index (χ0n) is 11.4. The first-order valence-electron chi connectivity index (χ1n) is 8.23. The fourth-order valence-electron chi connectivity index (χ4n) is 5.50. The smallest absolute Gasteiger partial charge is 0.0104 e. The van der Waals surface area contributed by atoms with Crippen LogP contribution in [0.15, 0.2) is 0 Å². The summed E-state index contributed by atoms with van der Waals surface area (Å²) in [6.45, 7) is 1.27. The number of nitrogens with one attached hydrogen (secondary N) is 1. The number of hydrogen-bond acceptors (Lipinski definition) is 2. The van der Waals surface area contributed by atoms with Crippen LogP contribution >= 0.6 is 11.8 Å². The minimum Gasteiger partial charge on any atom is -0.314 e. The van der Waals surface area contributed by atoms with Gasteiger partial charge in [0, 0.05) is 11.3 Å². The summed E-state index contributed by atoms with van der Waals surface area (Å²) in [5.74, 6) is 5.93. The summed E-state index contributed by atoms with van der Waals surface area (Å²) in [5, 5.41) is 4.70.